The van der Waals surface area contributed by atoms with Gasteiger partial charge in [-0.15, -0.1) is 11.3 Å². The Morgan fingerprint density at radius 3 is 2.27 bits per heavy atom. The Hall–Kier alpha value is -0.450. The van der Waals surface area contributed by atoms with Crippen LogP contribution in [-0.4, -0.2) is 24.0 Å². The molecule has 0 aromatic carbocycles. The highest BCUT2D eigenvalue weighted by Gasteiger charge is 2.16. The molecule has 1 unspecified atom stereocenters. The molecule has 0 aliphatic carbocycles. The predicted octanol–water partition coefficient (Wildman–Crippen LogP) is 2.35. The van der Waals surface area contributed by atoms with Crippen molar-refractivity contribution in [3.63, 3.8) is 0 Å². The van der Waals surface area contributed by atoms with Gasteiger partial charge in [0.25, 0.3) is 0 Å². The molecule has 0 fully saturated rings. The van der Waals surface area contributed by atoms with Gasteiger partial charge >= 0.3 is 0 Å². The van der Waals surface area contributed by atoms with Crippen molar-refractivity contribution in [3.8, 4) is 0 Å². The first-order valence-corrected chi connectivity index (χ1v) is 6.13. The zero-order valence-electron chi connectivity index (χ0n) is 10.2. The van der Waals surface area contributed by atoms with Crippen LogP contribution in [0.5, 0.6) is 0 Å². The molecule has 3 nitrogen and oxygen atoms in total. The topological polar surface area (TPSA) is 42.2 Å². The Balaban J connectivity index is 2.98. The Bertz CT molecular complexity index is 290. The van der Waals surface area contributed by atoms with Crippen molar-refractivity contribution in [3.05, 3.63) is 15.6 Å². The third-order valence-electron chi connectivity index (χ3n) is 2.14. The van der Waals surface area contributed by atoms with Crippen LogP contribution in [0.2, 0.25) is 0 Å². The second-order valence-corrected chi connectivity index (χ2v) is 5.65. The summed E-state index contributed by atoms with van der Waals surface area (Å²) in [6.07, 6.45) is 0. The standard InChI is InChI=1S/C11H21N3S/c1-7(2)10-11(8(3)12)15-9(13-10)6-14(4)5/h7-8H,6,12H2,1-5H3. The molecule has 1 rings (SSSR count). The molecule has 1 heterocycles. The molecule has 1 aromatic rings. The molecule has 0 aliphatic heterocycles. The molecule has 86 valence electrons. The number of rotatable bonds is 4. The lowest BCUT2D eigenvalue weighted by atomic mass is 10.1. The Kier molecular flexibility index (Phi) is 4.25. The van der Waals surface area contributed by atoms with Crippen molar-refractivity contribution in [1.29, 1.82) is 0 Å². The number of nitrogens with two attached hydrogens (primary N) is 1. The monoisotopic (exact) mass is 227 g/mol. The van der Waals surface area contributed by atoms with E-state index >= 15 is 0 Å². The van der Waals surface area contributed by atoms with E-state index in [0.29, 0.717) is 5.92 Å². The normalized spacial score (nSPS) is 13.9. The second kappa shape index (κ2) is 5.05. The van der Waals surface area contributed by atoms with Gasteiger partial charge in [0, 0.05) is 17.5 Å². The first-order chi connectivity index (χ1) is 6.91. The summed E-state index contributed by atoms with van der Waals surface area (Å²) in [5.41, 5.74) is 7.13. The summed E-state index contributed by atoms with van der Waals surface area (Å²) < 4.78 is 0. The fourth-order valence-electron chi connectivity index (χ4n) is 1.47. The van der Waals surface area contributed by atoms with E-state index in [-0.39, 0.29) is 6.04 Å². The molecule has 1 atom stereocenters. The fourth-order valence-corrected chi connectivity index (χ4v) is 2.76. The largest absolute Gasteiger partial charge is 0.323 e. The van der Waals surface area contributed by atoms with E-state index in [2.05, 4.69) is 37.8 Å². The summed E-state index contributed by atoms with van der Waals surface area (Å²) in [7, 11) is 4.12. The van der Waals surface area contributed by atoms with E-state index in [0.717, 1.165) is 11.6 Å². The highest BCUT2D eigenvalue weighted by Crippen LogP contribution is 2.29. The van der Waals surface area contributed by atoms with Crippen LogP contribution in [0.3, 0.4) is 0 Å². The summed E-state index contributed by atoms with van der Waals surface area (Å²) in [5.74, 6) is 0.457. The number of hydrogen-bond acceptors (Lipinski definition) is 4. The van der Waals surface area contributed by atoms with E-state index in [1.54, 1.807) is 11.3 Å². The van der Waals surface area contributed by atoms with Gasteiger partial charge in [-0.3, -0.25) is 0 Å². The van der Waals surface area contributed by atoms with Crippen molar-refractivity contribution in [2.24, 2.45) is 5.73 Å². The van der Waals surface area contributed by atoms with E-state index < -0.39 is 0 Å². The average molecular weight is 227 g/mol. The summed E-state index contributed by atoms with van der Waals surface area (Å²) in [5, 5.41) is 1.16. The van der Waals surface area contributed by atoms with Crippen LogP contribution < -0.4 is 5.73 Å². The van der Waals surface area contributed by atoms with Crippen LogP contribution in [0.4, 0.5) is 0 Å². The highest BCUT2D eigenvalue weighted by atomic mass is 32.1. The third kappa shape index (κ3) is 3.26. The molecule has 0 aliphatic rings. The van der Waals surface area contributed by atoms with E-state index in [4.69, 9.17) is 5.73 Å². The highest BCUT2D eigenvalue weighted by molar-refractivity contribution is 7.11. The molecular formula is C11H21N3S. The number of aromatic nitrogens is 1. The molecule has 0 amide bonds. The maximum atomic E-state index is 5.95. The van der Waals surface area contributed by atoms with Crippen LogP contribution >= 0.6 is 11.3 Å². The van der Waals surface area contributed by atoms with Gasteiger partial charge < -0.3 is 10.6 Å². The van der Waals surface area contributed by atoms with Gasteiger partial charge in [-0.05, 0) is 26.9 Å². The van der Waals surface area contributed by atoms with Crippen molar-refractivity contribution >= 4 is 11.3 Å². The second-order valence-electron chi connectivity index (χ2n) is 4.54. The molecule has 15 heavy (non-hydrogen) atoms. The van der Waals surface area contributed by atoms with E-state index in [1.807, 2.05) is 6.92 Å². The van der Waals surface area contributed by atoms with Gasteiger partial charge in [-0.25, -0.2) is 4.98 Å². The van der Waals surface area contributed by atoms with Crippen molar-refractivity contribution in [2.45, 2.75) is 39.3 Å². The van der Waals surface area contributed by atoms with E-state index in [9.17, 15) is 0 Å². The minimum atomic E-state index is 0.0933. The van der Waals surface area contributed by atoms with Gasteiger partial charge in [0.05, 0.1) is 5.69 Å². The van der Waals surface area contributed by atoms with Gasteiger partial charge in [0.1, 0.15) is 5.01 Å². The summed E-state index contributed by atoms with van der Waals surface area (Å²) in [4.78, 5) is 8.04. The Morgan fingerprint density at radius 2 is 1.93 bits per heavy atom. The molecule has 2 N–H and O–H groups in total. The van der Waals surface area contributed by atoms with E-state index in [1.165, 1.54) is 10.6 Å². The summed E-state index contributed by atoms with van der Waals surface area (Å²) in [6.45, 7) is 7.26. The van der Waals surface area contributed by atoms with Gasteiger partial charge in [0.15, 0.2) is 0 Å². The van der Waals surface area contributed by atoms with Gasteiger partial charge in [0.2, 0.25) is 0 Å². The quantitative estimate of drug-likeness (QED) is 0.858. The zero-order chi connectivity index (χ0) is 11.6. The maximum Gasteiger partial charge on any atom is 0.107 e. The molecular weight excluding hydrogens is 206 g/mol. The van der Waals surface area contributed by atoms with Crippen LogP contribution in [0.1, 0.15) is 48.3 Å². The van der Waals surface area contributed by atoms with Crippen LogP contribution in [0.15, 0.2) is 0 Å². The summed E-state index contributed by atoms with van der Waals surface area (Å²) >= 11 is 1.75. The summed E-state index contributed by atoms with van der Waals surface area (Å²) in [6, 6.07) is 0.0933. The third-order valence-corrected chi connectivity index (χ3v) is 3.39. The van der Waals surface area contributed by atoms with Gasteiger partial charge in [-0.1, -0.05) is 13.8 Å². The smallest absolute Gasteiger partial charge is 0.107 e. The lowest BCUT2D eigenvalue weighted by Gasteiger charge is -2.07. The lowest BCUT2D eigenvalue weighted by Crippen LogP contribution is -2.10. The maximum absolute atomic E-state index is 5.95. The van der Waals surface area contributed by atoms with Gasteiger partial charge in [-0.2, -0.15) is 0 Å². The molecule has 1 aromatic heterocycles. The number of nitrogens with zero attached hydrogens (tertiary/aromatic N) is 2. The van der Waals surface area contributed by atoms with Crippen LogP contribution in [0, 0.1) is 0 Å². The molecule has 0 bridgehead atoms. The minimum Gasteiger partial charge on any atom is -0.323 e. The number of hydrogen-bond donors (Lipinski definition) is 1. The first-order valence-electron chi connectivity index (χ1n) is 5.31. The van der Waals surface area contributed by atoms with Crippen molar-refractivity contribution < 1.29 is 0 Å². The molecule has 0 spiro atoms. The van der Waals surface area contributed by atoms with Crippen LogP contribution in [-0.2, 0) is 6.54 Å². The molecule has 0 radical (unpaired) electrons. The molecule has 0 saturated heterocycles. The Labute approximate surface area is 96.3 Å². The number of thiazole rings is 1. The minimum absolute atomic E-state index is 0.0933. The predicted molar refractivity (Wildman–Crippen MR) is 66.2 cm³/mol. The zero-order valence-corrected chi connectivity index (χ0v) is 11.1. The van der Waals surface area contributed by atoms with Crippen LogP contribution in [0.25, 0.3) is 0 Å². The fraction of sp³-hybridized carbons (Fsp3) is 0.727. The molecule has 0 saturated carbocycles. The van der Waals surface area contributed by atoms with Crippen molar-refractivity contribution in [2.75, 3.05) is 14.1 Å². The average Bonchev–Trinajstić information content (AvgIpc) is 2.46. The molecule has 4 heteroatoms. The first kappa shape index (κ1) is 12.6. The lowest BCUT2D eigenvalue weighted by molar-refractivity contribution is 0.401. The SMILES string of the molecule is CC(C)c1nc(CN(C)C)sc1C(C)N. The Morgan fingerprint density at radius 1 is 1.33 bits per heavy atom. The van der Waals surface area contributed by atoms with Crippen molar-refractivity contribution in [1.82, 2.24) is 9.88 Å².